The molecule has 2 heterocycles. The van der Waals surface area contributed by atoms with Crippen molar-refractivity contribution in [3.63, 3.8) is 0 Å². The van der Waals surface area contributed by atoms with Crippen LogP contribution >= 0.6 is 0 Å². The molecular weight excluding hydrogens is 174 g/mol. The number of nitrogens with zero attached hydrogens (tertiary/aromatic N) is 1. The molecule has 1 saturated heterocycles. The Morgan fingerprint density at radius 1 is 1.36 bits per heavy atom. The average Bonchev–Trinajstić information content (AvgIpc) is 2.23. The van der Waals surface area contributed by atoms with E-state index >= 15 is 0 Å². The maximum atomic E-state index is 5.34. The molecule has 0 radical (unpaired) electrons. The molecular formula is C12H17NO. The van der Waals surface area contributed by atoms with Crippen LogP contribution < -0.4 is 0 Å². The summed E-state index contributed by atoms with van der Waals surface area (Å²) in [5.74, 6) is 0.777. The lowest BCUT2D eigenvalue weighted by atomic mass is 9.94. The van der Waals surface area contributed by atoms with Crippen molar-refractivity contribution in [2.45, 2.75) is 26.2 Å². The van der Waals surface area contributed by atoms with Gasteiger partial charge in [-0.2, -0.15) is 0 Å². The summed E-state index contributed by atoms with van der Waals surface area (Å²) in [5, 5.41) is 0. The van der Waals surface area contributed by atoms with E-state index in [1.54, 1.807) is 0 Å². The van der Waals surface area contributed by atoms with E-state index in [-0.39, 0.29) is 0 Å². The molecule has 0 atom stereocenters. The highest BCUT2D eigenvalue weighted by Crippen LogP contribution is 2.18. The standard InChI is InChI=1S/C12H17NO/c1-10-2-3-12(13-9-10)8-11-4-6-14-7-5-11/h2-3,9,11H,4-8H2,1H3. The molecule has 0 amide bonds. The molecule has 1 aromatic heterocycles. The first-order chi connectivity index (χ1) is 6.84. The van der Waals surface area contributed by atoms with Crippen LogP contribution in [-0.4, -0.2) is 18.2 Å². The van der Waals surface area contributed by atoms with Crippen LogP contribution in [0.15, 0.2) is 18.3 Å². The lowest BCUT2D eigenvalue weighted by Gasteiger charge is -2.21. The fourth-order valence-corrected chi connectivity index (χ4v) is 1.87. The molecule has 1 aliphatic heterocycles. The first-order valence-corrected chi connectivity index (χ1v) is 5.34. The summed E-state index contributed by atoms with van der Waals surface area (Å²) in [7, 11) is 0. The normalized spacial score (nSPS) is 18.4. The summed E-state index contributed by atoms with van der Waals surface area (Å²) in [4.78, 5) is 4.43. The number of aromatic nitrogens is 1. The van der Waals surface area contributed by atoms with Crippen LogP contribution in [0.25, 0.3) is 0 Å². The summed E-state index contributed by atoms with van der Waals surface area (Å²) in [6.07, 6.45) is 5.45. The minimum Gasteiger partial charge on any atom is -0.381 e. The molecule has 0 bridgehead atoms. The minimum absolute atomic E-state index is 0.777. The van der Waals surface area contributed by atoms with Gasteiger partial charge in [0.05, 0.1) is 0 Å². The SMILES string of the molecule is Cc1ccc(CC2CCOCC2)nc1. The third kappa shape index (κ3) is 2.55. The number of rotatable bonds is 2. The maximum Gasteiger partial charge on any atom is 0.0468 e. The van der Waals surface area contributed by atoms with Crippen molar-refractivity contribution in [3.8, 4) is 0 Å². The van der Waals surface area contributed by atoms with Gasteiger partial charge in [-0.1, -0.05) is 6.07 Å². The van der Waals surface area contributed by atoms with Crippen LogP contribution in [0.5, 0.6) is 0 Å². The van der Waals surface area contributed by atoms with Gasteiger partial charge in [0, 0.05) is 25.1 Å². The molecule has 14 heavy (non-hydrogen) atoms. The summed E-state index contributed by atoms with van der Waals surface area (Å²) in [5.41, 5.74) is 2.46. The number of pyridine rings is 1. The fraction of sp³-hybridized carbons (Fsp3) is 0.583. The van der Waals surface area contributed by atoms with Crippen molar-refractivity contribution in [2.24, 2.45) is 5.92 Å². The monoisotopic (exact) mass is 191 g/mol. The van der Waals surface area contributed by atoms with Crippen LogP contribution in [0.3, 0.4) is 0 Å². The van der Waals surface area contributed by atoms with Gasteiger partial charge in [0.15, 0.2) is 0 Å². The molecule has 1 fully saturated rings. The van der Waals surface area contributed by atoms with E-state index in [9.17, 15) is 0 Å². The Morgan fingerprint density at radius 3 is 2.79 bits per heavy atom. The smallest absolute Gasteiger partial charge is 0.0468 e. The maximum absolute atomic E-state index is 5.34. The van der Waals surface area contributed by atoms with Crippen molar-refractivity contribution in [2.75, 3.05) is 13.2 Å². The summed E-state index contributed by atoms with van der Waals surface area (Å²) >= 11 is 0. The van der Waals surface area contributed by atoms with Gasteiger partial charge in [0.1, 0.15) is 0 Å². The van der Waals surface area contributed by atoms with E-state index < -0.39 is 0 Å². The van der Waals surface area contributed by atoms with Crippen LogP contribution in [0, 0.1) is 12.8 Å². The lowest BCUT2D eigenvalue weighted by molar-refractivity contribution is 0.0663. The van der Waals surface area contributed by atoms with Crippen molar-refractivity contribution in [1.29, 1.82) is 0 Å². The predicted molar refractivity (Wildman–Crippen MR) is 56.2 cm³/mol. The Kier molecular flexibility index (Phi) is 3.14. The van der Waals surface area contributed by atoms with Gasteiger partial charge in [-0.15, -0.1) is 0 Å². The topological polar surface area (TPSA) is 22.1 Å². The number of ether oxygens (including phenoxy) is 1. The van der Waals surface area contributed by atoms with Crippen LogP contribution in [-0.2, 0) is 11.2 Å². The highest BCUT2D eigenvalue weighted by Gasteiger charge is 2.14. The Bertz CT molecular complexity index is 275. The van der Waals surface area contributed by atoms with E-state index in [0.29, 0.717) is 0 Å². The molecule has 1 aromatic rings. The number of hydrogen-bond acceptors (Lipinski definition) is 2. The van der Waals surface area contributed by atoms with Crippen molar-refractivity contribution in [1.82, 2.24) is 4.98 Å². The summed E-state index contributed by atoms with van der Waals surface area (Å²) in [6.45, 7) is 3.93. The largest absolute Gasteiger partial charge is 0.381 e. The molecule has 0 unspecified atom stereocenters. The van der Waals surface area contributed by atoms with Crippen molar-refractivity contribution < 1.29 is 4.74 Å². The molecule has 76 valence electrons. The second kappa shape index (κ2) is 4.56. The van der Waals surface area contributed by atoms with Crippen molar-refractivity contribution >= 4 is 0 Å². The van der Waals surface area contributed by atoms with Crippen LogP contribution in [0.4, 0.5) is 0 Å². The second-order valence-electron chi connectivity index (χ2n) is 4.09. The number of aryl methyl sites for hydroxylation is 1. The average molecular weight is 191 g/mol. The highest BCUT2D eigenvalue weighted by atomic mass is 16.5. The molecule has 1 aliphatic rings. The third-order valence-corrected chi connectivity index (χ3v) is 2.81. The van der Waals surface area contributed by atoms with Gasteiger partial charge in [-0.3, -0.25) is 4.98 Å². The first kappa shape index (κ1) is 9.66. The zero-order chi connectivity index (χ0) is 9.80. The van der Waals surface area contributed by atoms with E-state index in [1.807, 2.05) is 6.20 Å². The molecule has 0 aromatic carbocycles. The zero-order valence-electron chi connectivity index (χ0n) is 8.70. The summed E-state index contributed by atoms with van der Waals surface area (Å²) < 4.78 is 5.34. The summed E-state index contributed by atoms with van der Waals surface area (Å²) in [6, 6.07) is 4.28. The van der Waals surface area contributed by atoms with Gasteiger partial charge in [-0.25, -0.2) is 0 Å². The van der Waals surface area contributed by atoms with Crippen LogP contribution in [0.2, 0.25) is 0 Å². The Morgan fingerprint density at radius 2 is 2.14 bits per heavy atom. The molecule has 0 aliphatic carbocycles. The molecule has 0 N–H and O–H groups in total. The van der Waals surface area contributed by atoms with E-state index in [2.05, 4.69) is 24.0 Å². The van der Waals surface area contributed by atoms with Crippen molar-refractivity contribution in [3.05, 3.63) is 29.6 Å². The molecule has 2 nitrogen and oxygen atoms in total. The molecule has 0 saturated carbocycles. The molecule has 2 heteroatoms. The Labute approximate surface area is 85.3 Å². The highest BCUT2D eigenvalue weighted by molar-refractivity contribution is 5.12. The minimum atomic E-state index is 0.777. The van der Waals surface area contributed by atoms with Crippen LogP contribution in [0.1, 0.15) is 24.1 Å². The lowest BCUT2D eigenvalue weighted by Crippen LogP contribution is -2.17. The predicted octanol–water partition coefficient (Wildman–Crippen LogP) is 2.36. The molecule has 0 spiro atoms. The fourth-order valence-electron chi connectivity index (χ4n) is 1.87. The van der Waals surface area contributed by atoms with Gasteiger partial charge in [-0.05, 0) is 43.7 Å². The quantitative estimate of drug-likeness (QED) is 0.716. The Hall–Kier alpha value is -0.890. The Balaban J connectivity index is 1.92. The van der Waals surface area contributed by atoms with E-state index in [1.165, 1.54) is 24.1 Å². The zero-order valence-corrected chi connectivity index (χ0v) is 8.70. The third-order valence-electron chi connectivity index (χ3n) is 2.81. The number of hydrogen-bond donors (Lipinski definition) is 0. The van der Waals surface area contributed by atoms with E-state index in [4.69, 9.17) is 4.74 Å². The van der Waals surface area contributed by atoms with Gasteiger partial charge >= 0.3 is 0 Å². The van der Waals surface area contributed by atoms with Gasteiger partial charge in [0.25, 0.3) is 0 Å². The van der Waals surface area contributed by atoms with E-state index in [0.717, 1.165) is 25.6 Å². The van der Waals surface area contributed by atoms with Gasteiger partial charge in [0.2, 0.25) is 0 Å². The van der Waals surface area contributed by atoms with Gasteiger partial charge < -0.3 is 4.74 Å². The second-order valence-corrected chi connectivity index (χ2v) is 4.09. The first-order valence-electron chi connectivity index (χ1n) is 5.34. The molecule has 2 rings (SSSR count).